The van der Waals surface area contributed by atoms with Crippen molar-refractivity contribution in [2.24, 2.45) is 11.8 Å². The highest BCUT2D eigenvalue weighted by atomic mass is 16.2. The van der Waals surface area contributed by atoms with Gasteiger partial charge in [-0.1, -0.05) is 19.1 Å². The van der Waals surface area contributed by atoms with Gasteiger partial charge in [0.2, 0.25) is 11.8 Å². The van der Waals surface area contributed by atoms with E-state index in [0.717, 1.165) is 37.1 Å². The van der Waals surface area contributed by atoms with E-state index in [1.165, 1.54) is 6.42 Å². The van der Waals surface area contributed by atoms with Gasteiger partial charge in [0, 0.05) is 24.8 Å². The van der Waals surface area contributed by atoms with Gasteiger partial charge in [0.05, 0.1) is 11.8 Å². The van der Waals surface area contributed by atoms with Gasteiger partial charge in [-0.05, 0) is 63.6 Å². The lowest BCUT2D eigenvalue weighted by molar-refractivity contribution is -0.137. The Kier molecular flexibility index (Phi) is 5.45. The Hall–Kier alpha value is -1.84. The van der Waals surface area contributed by atoms with Crippen LogP contribution in [0.5, 0.6) is 0 Å². The maximum absolute atomic E-state index is 13.0. The predicted molar refractivity (Wildman–Crippen MR) is 100 cm³/mol. The average Bonchev–Trinajstić information content (AvgIpc) is 3.42. The van der Waals surface area contributed by atoms with E-state index < -0.39 is 0 Å². The standard InChI is InChI=1S/C21H30N2O2/c1-4-16-10-6-7-12-23(16)21(25)19-14-18(19)20(24)22(5-2)17-11-8-9-15(3)13-17/h8-9,11,13,16,18-19H,4-7,10,12,14H2,1-3H3. The zero-order chi connectivity index (χ0) is 18.0. The molecule has 3 unspecified atom stereocenters. The Bertz CT molecular complexity index is 643. The van der Waals surface area contributed by atoms with Gasteiger partial charge in [-0.15, -0.1) is 0 Å². The molecule has 1 aromatic carbocycles. The molecule has 1 saturated heterocycles. The third-order valence-electron chi connectivity index (χ3n) is 5.70. The molecule has 0 aromatic heterocycles. The number of amides is 2. The zero-order valence-corrected chi connectivity index (χ0v) is 15.7. The predicted octanol–water partition coefficient (Wildman–Crippen LogP) is 3.78. The minimum Gasteiger partial charge on any atom is -0.339 e. The molecular weight excluding hydrogens is 312 g/mol. The first-order valence-electron chi connectivity index (χ1n) is 9.75. The highest BCUT2D eigenvalue weighted by Gasteiger charge is 2.51. The number of benzene rings is 1. The molecule has 0 N–H and O–H groups in total. The lowest BCUT2D eigenvalue weighted by atomic mass is 9.99. The number of hydrogen-bond donors (Lipinski definition) is 0. The summed E-state index contributed by atoms with van der Waals surface area (Å²) in [6, 6.07) is 8.41. The van der Waals surface area contributed by atoms with Crippen LogP contribution in [0.25, 0.3) is 0 Å². The van der Waals surface area contributed by atoms with Crippen LogP contribution in [0.4, 0.5) is 5.69 Å². The lowest BCUT2D eigenvalue weighted by Crippen LogP contribution is -2.45. The van der Waals surface area contributed by atoms with Crippen molar-refractivity contribution in [1.29, 1.82) is 0 Å². The monoisotopic (exact) mass is 342 g/mol. The Labute approximate surface area is 151 Å². The Morgan fingerprint density at radius 3 is 2.68 bits per heavy atom. The first kappa shape index (κ1) is 18.0. The highest BCUT2D eigenvalue weighted by molar-refractivity contribution is 6.01. The van der Waals surface area contributed by atoms with E-state index in [1.807, 2.05) is 43.0 Å². The number of aryl methyl sites for hydroxylation is 1. The number of carbonyl (C=O) groups is 2. The molecule has 1 saturated carbocycles. The van der Waals surface area contributed by atoms with Gasteiger partial charge in [0.15, 0.2) is 0 Å². The fourth-order valence-corrected chi connectivity index (χ4v) is 4.13. The van der Waals surface area contributed by atoms with Crippen molar-refractivity contribution in [1.82, 2.24) is 4.90 Å². The fraction of sp³-hybridized carbons (Fsp3) is 0.619. The molecule has 1 aliphatic carbocycles. The van der Waals surface area contributed by atoms with Crippen LogP contribution in [0.2, 0.25) is 0 Å². The van der Waals surface area contributed by atoms with Crippen molar-refractivity contribution in [3.05, 3.63) is 29.8 Å². The molecule has 0 bridgehead atoms. The molecule has 4 heteroatoms. The molecule has 1 aliphatic heterocycles. The summed E-state index contributed by atoms with van der Waals surface area (Å²) in [6.07, 6.45) is 5.15. The van der Waals surface area contributed by atoms with E-state index in [0.29, 0.717) is 19.0 Å². The van der Waals surface area contributed by atoms with E-state index in [2.05, 4.69) is 11.8 Å². The summed E-state index contributed by atoms with van der Waals surface area (Å²) in [7, 11) is 0. The van der Waals surface area contributed by atoms with E-state index in [1.54, 1.807) is 0 Å². The Balaban J connectivity index is 1.67. The summed E-state index contributed by atoms with van der Waals surface area (Å²) < 4.78 is 0. The summed E-state index contributed by atoms with van der Waals surface area (Å²) >= 11 is 0. The number of hydrogen-bond acceptors (Lipinski definition) is 2. The quantitative estimate of drug-likeness (QED) is 0.817. The molecule has 2 aliphatic rings. The average molecular weight is 342 g/mol. The third kappa shape index (κ3) is 3.73. The third-order valence-corrected chi connectivity index (χ3v) is 5.70. The topological polar surface area (TPSA) is 40.6 Å². The maximum atomic E-state index is 13.0. The molecule has 0 radical (unpaired) electrons. The summed E-state index contributed by atoms with van der Waals surface area (Å²) in [4.78, 5) is 29.7. The fourth-order valence-electron chi connectivity index (χ4n) is 4.13. The largest absolute Gasteiger partial charge is 0.339 e. The van der Waals surface area contributed by atoms with Crippen LogP contribution in [0, 0.1) is 18.8 Å². The summed E-state index contributed by atoms with van der Waals surface area (Å²) in [5.74, 6) is 0.0904. The van der Waals surface area contributed by atoms with Crippen LogP contribution >= 0.6 is 0 Å². The second kappa shape index (κ2) is 7.59. The van der Waals surface area contributed by atoms with Gasteiger partial charge >= 0.3 is 0 Å². The number of carbonyl (C=O) groups excluding carboxylic acids is 2. The molecule has 3 rings (SSSR count). The van der Waals surface area contributed by atoms with Crippen LogP contribution in [-0.2, 0) is 9.59 Å². The molecular formula is C21H30N2O2. The van der Waals surface area contributed by atoms with E-state index >= 15 is 0 Å². The Morgan fingerprint density at radius 2 is 2.00 bits per heavy atom. The van der Waals surface area contributed by atoms with Gasteiger partial charge in [-0.2, -0.15) is 0 Å². The van der Waals surface area contributed by atoms with Gasteiger partial charge in [0.25, 0.3) is 0 Å². The number of anilines is 1. The molecule has 1 aromatic rings. The van der Waals surface area contributed by atoms with Crippen molar-refractivity contribution in [3.8, 4) is 0 Å². The van der Waals surface area contributed by atoms with Crippen LogP contribution in [0.3, 0.4) is 0 Å². The highest BCUT2D eigenvalue weighted by Crippen LogP contribution is 2.43. The molecule has 1 heterocycles. The van der Waals surface area contributed by atoms with E-state index in [4.69, 9.17) is 0 Å². The minimum atomic E-state index is -0.132. The number of likely N-dealkylation sites (tertiary alicyclic amines) is 1. The first-order valence-corrected chi connectivity index (χ1v) is 9.75. The molecule has 3 atom stereocenters. The summed E-state index contributed by atoms with van der Waals surface area (Å²) in [6.45, 7) is 7.69. The summed E-state index contributed by atoms with van der Waals surface area (Å²) in [5.41, 5.74) is 2.08. The number of piperidine rings is 1. The van der Waals surface area contributed by atoms with Crippen LogP contribution < -0.4 is 4.90 Å². The molecule has 136 valence electrons. The van der Waals surface area contributed by atoms with E-state index in [9.17, 15) is 9.59 Å². The van der Waals surface area contributed by atoms with E-state index in [-0.39, 0.29) is 23.7 Å². The zero-order valence-electron chi connectivity index (χ0n) is 15.7. The Morgan fingerprint density at radius 1 is 1.20 bits per heavy atom. The van der Waals surface area contributed by atoms with Gasteiger partial charge in [-0.3, -0.25) is 9.59 Å². The van der Waals surface area contributed by atoms with Gasteiger partial charge in [0.1, 0.15) is 0 Å². The minimum absolute atomic E-state index is 0.0986. The van der Waals surface area contributed by atoms with Crippen LogP contribution in [-0.4, -0.2) is 35.8 Å². The second-order valence-corrected chi connectivity index (χ2v) is 7.46. The molecule has 0 spiro atoms. The van der Waals surface area contributed by atoms with Gasteiger partial charge < -0.3 is 9.80 Å². The number of rotatable bonds is 5. The SMILES string of the molecule is CCC1CCCCN1C(=O)C1CC1C(=O)N(CC)c1cccc(C)c1. The lowest BCUT2D eigenvalue weighted by Gasteiger charge is -2.35. The molecule has 4 nitrogen and oxygen atoms in total. The van der Waals surface area contributed by atoms with Crippen molar-refractivity contribution >= 4 is 17.5 Å². The smallest absolute Gasteiger partial charge is 0.230 e. The first-order chi connectivity index (χ1) is 12.1. The van der Waals surface area contributed by atoms with Gasteiger partial charge in [-0.25, -0.2) is 0 Å². The molecule has 2 amide bonds. The van der Waals surface area contributed by atoms with Crippen molar-refractivity contribution < 1.29 is 9.59 Å². The number of nitrogens with zero attached hydrogens (tertiary/aromatic N) is 2. The van der Waals surface area contributed by atoms with Crippen LogP contribution in [0.15, 0.2) is 24.3 Å². The van der Waals surface area contributed by atoms with Crippen molar-refractivity contribution in [2.75, 3.05) is 18.0 Å². The normalized spacial score (nSPS) is 25.6. The van der Waals surface area contributed by atoms with Crippen molar-refractivity contribution in [3.63, 3.8) is 0 Å². The maximum Gasteiger partial charge on any atom is 0.230 e. The van der Waals surface area contributed by atoms with Crippen molar-refractivity contribution in [2.45, 2.75) is 58.9 Å². The second-order valence-electron chi connectivity index (χ2n) is 7.46. The molecule has 25 heavy (non-hydrogen) atoms. The van der Waals surface area contributed by atoms with Crippen LogP contribution in [0.1, 0.15) is 51.5 Å². The molecule has 2 fully saturated rings. The summed E-state index contributed by atoms with van der Waals surface area (Å²) in [5, 5.41) is 0.